The lowest BCUT2D eigenvalue weighted by Gasteiger charge is -2.09. The van der Waals surface area contributed by atoms with Crippen LogP contribution in [0, 0.1) is 6.92 Å². The van der Waals surface area contributed by atoms with E-state index in [2.05, 4.69) is 31.4 Å². The van der Waals surface area contributed by atoms with Crippen LogP contribution in [-0.2, 0) is 17.9 Å². The highest BCUT2D eigenvalue weighted by Crippen LogP contribution is 2.26. The van der Waals surface area contributed by atoms with Crippen LogP contribution in [0.3, 0.4) is 0 Å². The van der Waals surface area contributed by atoms with Gasteiger partial charge in [0.25, 0.3) is 0 Å². The van der Waals surface area contributed by atoms with Gasteiger partial charge in [0.15, 0.2) is 11.0 Å². The minimum absolute atomic E-state index is 0.142. The largest absolute Gasteiger partial charge is 0.486 e. The summed E-state index contributed by atoms with van der Waals surface area (Å²) >= 11 is 10.7. The molecule has 0 fully saturated rings. The standard InChI is InChI=1S/C20H20BrClN4O2S/c1-3-26-18(11-28-15-6-4-5-13(2)9-15)24-25-20(26)29-12-19(27)23-14-7-8-16(21)17(22)10-14/h4-10H,3,11-12H2,1-2H3,(H,23,27). The van der Waals surface area contributed by atoms with E-state index in [1.165, 1.54) is 11.8 Å². The number of anilines is 1. The molecule has 9 heteroatoms. The Kier molecular flexibility index (Phi) is 7.57. The van der Waals surface area contributed by atoms with Crippen molar-refractivity contribution in [1.29, 1.82) is 0 Å². The zero-order valence-corrected chi connectivity index (χ0v) is 19.1. The van der Waals surface area contributed by atoms with Crippen molar-refractivity contribution in [3.05, 3.63) is 63.3 Å². The Bertz CT molecular complexity index is 1010. The van der Waals surface area contributed by atoms with Crippen LogP contribution in [0.15, 0.2) is 52.1 Å². The highest BCUT2D eigenvalue weighted by atomic mass is 79.9. The molecule has 0 bridgehead atoms. The first-order valence-corrected chi connectivity index (χ1v) is 11.1. The van der Waals surface area contributed by atoms with Crippen molar-refractivity contribution < 1.29 is 9.53 Å². The van der Waals surface area contributed by atoms with E-state index in [4.69, 9.17) is 16.3 Å². The molecule has 1 amide bonds. The number of rotatable bonds is 8. The van der Waals surface area contributed by atoms with Gasteiger partial charge in [-0.15, -0.1) is 10.2 Å². The predicted octanol–water partition coefficient (Wildman–Crippen LogP) is 5.33. The van der Waals surface area contributed by atoms with E-state index in [0.29, 0.717) is 29.0 Å². The number of ether oxygens (including phenoxy) is 1. The lowest BCUT2D eigenvalue weighted by Crippen LogP contribution is -2.15. The summed E-state index contributed by atoms with van der Waals surface area (Å²) in [5.41, 5.74) is 1.78. The topological polar surface area (TPSA) is 69.0 Å². The SMILES string of the molecule is CCn1c(COc2cccc(C)c2)nnc1SCC(=O)Nc1ccc(Br)c(Cl)c1. The molecule has 1 heterocycles. The molecule has 1 N–H and O–H groups in total. The average Bonchev–Trinajstić information content (AvgIpc) is 3.09. The molecule has 0 aliphatic heterocycles. The molecule has 3 aromatic rings. The molecule has 0 spiro atoms. The van der Waals surface area contributed by atoms with Gasteiger partial charge in [-0.05, 0) is 65.7 Å². The Labute approximate surface area is 187 Å². The van der Waals surface area contributed by atoms with Crippen LogP contribution < -0.4 is 10.1 Å². The molecule has 2 aromatic carbocycles. The normalized spacial score (nSPS) is 10.8. The molecule has 0 aliphatic rings. The Morgan fingerprint density at radius 2 is 2.10 bits per heavy atom. The van der Waals surface area contributed by atoms with Crippen LogP contribution >= 0.6 is 39.3 Å². The van der Waals surface area contributed by atoms with Crippen LogP contribution in [0.1, 0.15) is 18.3 Å². The lowest BCUT2D eigenvalue weighted by molar-refractivity contribution is -0.113. The molecular formula is C20H20BrClN4O2S. The fourth-order valence-electron chi connectivity index (χ4n) is 2.60. The average molecular weight is 496 g/mol. The Balaban J connectivity index is 1.58. The molecule has 3 rings (SSSR count). The number of nitrogens with one attached hydrogen (secondary N) is 1. The first kappa shape index (κ1) is 21.7. The van der Waals surface area contributed by atoms with Crippen molar-refractivity contribution in [2.75, 3.05) is 11.1 Å². The third kappa shape index (κ3) is 5.98. The summed E-state index contributed by atoms with van der Waals surface area (Å²) in [4.78, 5) is 12.3. The number of carbonyl (C=O) groups is 1. The third-order valence-electron chi connectivity index (χ3n) is 4.00. The maximum Gasteiger partial charge on any atom is 0.234 e. The van der Waals surface area contributed by atoms with Crippen molar-refractivity contribution in [1.82, 2.24) is 14.8 Å². The Morgan fingerprint density at radius 3 is 2.83 bits per heavy atom. The molecule has 152 valence electrons. The van der Waals surface area contributed by atoms with Gasteiger partial charge in [0, 0.05) is 16.7 Å². The van der Waals surface area contributed by atoms with Gasteiger partial charge in [-0.1, -0.05) is 35.5 Å². The zero-order valence-electron chi connectivity index (χ0n) is 16.0. The molecule has 0 saturated heterocycles. The number of nitrogens with zero attached hydrogens (tertiary/aromatic N) is 3. The summed E-state index contributed by atoms with van der Waals surface area (Å²) in [7, 11) is 0. The first-order chi connectivity index (χ1) is 14.0. The van der Waals surface area contributed by atoms with Gasteiger partial charge in [-0.25, -0.2) is 0 Å². The van der Waals surface area contributed by atoms with E-state index >= 15 is 0 Å². The number of amides is 1. The number of halogens is 2. The van der Waals surface area contributed by atoms with Crippen LogP contribution in [0.25, 0.3) is 0 Å². The van der Waals surface area contributed by atoms with Crippen molar-refractivity contribution >= 4 is 50.9 Å². The van der Waals surface area contributed by atoms with E-state index < -0.39 is 0 Å². The fourth-order valence-corrected chi connectivity index (χ4v) is 3.85. The van der Waals surface area contributed by atoms with E-state index in [1.807, 2.05) is 42.7 Å². The lowest BCUT2D eigenvalue weighted by atomic mass is 10.2. The molecule has 29 heavy (non-hydrogen) atoms. The maximum absolute atomic E-state index is 12.3. The van der Waals surface area contributed by atoms with E-state index in [-0.39, 0.29) is 11.7 Å². The fraction of sp³-hybridized carbons (Fsp3) is 0.250. The summed E-state index contributed by atoms with van der Waals surface area (Å²) in [5.74, 6) is 1.58. The predicted molar refractivity (Wildman–Crippen MR) is 120 cm³/mol. The molecular weight excluding hydrogens is 476 g/mol. The second-order valence-corrected chi connectivity index (χ2v) is 8.42. The molecule has 1 aromatic heterocycles. The number of benzene rings is 2. The summed E-state index contributed by atoms with van der Waals surface area (Å²) < 4.78 is 8.56. The second-order valence-electron chi connectivity index (χ2n) is 6.21. The summed E-state index contributed by atoms with van der Waals surface area (Å²) in [6.45, 7) is 5.02. The van der Waals surface area contributed by atoms with E-state index in [1.54, 1.807) is 18.2 Å². The van der Waals surface area contributed by atoms with E-state index in [0.717, 1.165) is 21.6 Å². The third-order valence-corrected chi connectivity index (χ3v) is 6.20. The zero-order chi connectivity index (χ0) is 20.8. The van der Waals surface area contributed by atoms with Crippen molar-refractivity contribution in [3.63, 3.8) is 0 Å². The number of aromatic nitrogens is 3. The van der Waals surface area contributed by atoms with Gasteiger partial charge < -0.3 is 14.6 Å². The molecule has 0 atom stereocenters. The van der Waals surface area contributed by atoms with Gasteiger partial charge >= 0.3 is 0 Å². The molecule has 6 nitrogen and oxygen atoms in total. The van der Waals surface area contributed by atoms with Gasteiger partial charge in [-0.2, -0.15) is 0 Å². The minimum atomic E-state index is -0.142. The van der Waals surface area contributed by atoms with E-state index in [9.17, 15) is 4.79 Å². The van der Waals surface area contributed by atoms with Crippen LogP contribution in [0.2, 0.25) is 5.02 Å². The summed E-state index contributed by atoms with van der Waals surface area (Å²) in [6, 6.07) is 13.1. The van der Waals surface area contributed by atoms with Gasteiger partial charge in [0.2, 0.25) is 5.91 Å². The Morgan fingerprint density at radius 1 is 1.28 bits per heavy atom. The molecule has 0 saturated carbocycles. The van der Waals surface area contributed by atoms with Crippen molar-refractivity contribution in [2.45, 2.75) is 32.2 Å². The minimum Gasteiger partial charge on any atom is -0.486 e. The highest BCUT2D eigenvalue weighted by Gasteiger charge is 2.14. The van der Waals surface area contributed by atoms with Gasteiger partial charge in [-0.3, -0.25) is 4.79 Å². The van der Waals surface area contributed by atoms with Crippen LogP contribution in [-0.4, -0.2) is 26.4 Å². The smallest absolute Gasteiger partial charge is 0.234 e. The maximum atomic E-state index is 12.3. The summed E-state index contributed by atoms with van der Waals surface area (Å²) in [5, 5.41) is 12.5. The molecule has 0 aliphatic carbocycles. The highest BCUT2D eigenvalue weighted by molar-refractivity contribution is 9.10. The Hall–Kier alpha value is -2.03. The van der Waals surface area contributed by atoms with Crippen molar-refractivity contribution in [2.24, 2.45) is 0 Å². The number of thioether (sulfide) groups is 1. The monoisotopic (exact) mass is 494 g/mol. The summed E-state index contributed by atoms with van der Waals surface area (Å²) in [6.07, 6.45) is 0. The van der Waals surface area contributed by atoms with Gasteiger partial charge in [0.05, 0.1) is 10.8 Å². The van der Waals surface area contributed by atoms with Crippen LogP contribution in [0.4, 0.5) is 5.69 Å². The number of aryl methyl sites for hydroxylation is 1. The second kappa shape index (κ2) is 10.1. The van der Waals surface area contributed by atoms with Crippen LogP contribution in [0.5, 0.6) is 5.75 Å². The number of hydrogen-bond acceptors (Lipinski definition) is 5. The van der Waals surface area contributed by atoms with Crippen molar-refractivity contribution in [3.8, 4) is 5.75 Å². The molecule has 0 radical (unpaired) electrons. The first-order valence-electron chi connectivity index (χ1n) is 8.95. The van der Waals surface area contributed by atoms with Gasteiger partial charge in [0.1, 0.15) is 12.4 Å². The number of hydrogen-bond donors (Lipinski definition) is 1. The number of carbonyl (C=O) groups excluding carboxylic acids is 1. The molecule has 0 unspecified atom stereocenters. The quantitative estimate of drug-likeness (QED) is 0.428.